The number of hydrogen-bond acceptors (Lipinski definition) is 3. The van der Waals surface area contributed by atoms with E-state index in [4.69, 9.17) is 14.2 Å². The maximum absolute atomic E-state index is 6.35. The molecule has 0 amide bonds. The Morgan fingerprint density at radius 1 is 0.688 bits per heavy atom. The number of fused-ring (bicyclic) bond motifs is 1. The number of nitrogens with zero attached hydrogens (tertiary/aromatic N) is 1. The van der Waals surface area contributed by atoms with Crippen LogP contribution in [0.3, 0.4) is 0 Å². The molecule has 3 aromatic carbocycles. The number of benzene rings is 3. The van der Waals surface area contributed by atoms with Crippen LogP contribution in [0.4, 0.5) is 0 Å². The van der Waals surface area contributed by atoms with Crippen LogP contribution in [0.5, 0.6) is 0 Å². The lowest BCUT2D eigenvalue weighted by molar-refractivity contribution is -0.959. The molecule has 0 aromatic heterocycles. The third-order valence-corrected chi connectivity index (χ3v) is 6.86. The zero-order valence-electron chi connectivity index (χ0n) is 18.7. The molecule has 2 aliphatic rings. The van der Waals surface area contributed by atoms with Crippen LogP contribution in [0.2, 0.25) is 0 Å². The maximum Gasteiger partial charge on any atom is 0.142 e. The van der Waals surface area contributed by atoms with Crippen LogP contribution in [0.15, 0.2) is 91.0 Å². The van der Waals surface area contributed by atoms with Crippen molar-refractivity contribution in [2.24, 2.45) is 0 Å². The van der Waals surface area contributed by atoms with Crippen molar-refractivity contribution < 1.29 is 18.7 Å². The zero-order chi connectivity index (χ0) is 21.8. The lowest BCUT2D eigenvalue weighted by Gasteiger charge is -2.41. The zero-order valence-corrected chi connectivity index (χ0v) is 18.7. The molecule has 4 heteroatoms. The molecule has 0 N–H and O–H groups in total. The third kappa shape index (κ3) is 4.64. The summed E-state index contributed by atoms with van der Waals surface area (Å²) in [5.74, 6) is 0. The number of rotatable bonds is 8. The van der Waals surface area contributed by atoms with Gasteiger partial charge in [-0.3, -0.25) is 0 Å². The van der Waals surface area contributed by atoms with E-state index in [0.29, 0.717) is 19.8 Å². The second-order valence-corrected chi connectivity index (χ2v) is 9.27. The fourth-order valence-electron chi connectivity index (χ4n) is 5.19. The molecular formula is C28H32NO3+. The third-order valence-electron chi connectivity index (χ3n) is 6.86. The highest BCUT2D eigenvalue weighted by Gasteiger charge is 2.55. The van der Waals surface area contributed by atoms with Crippen LogP contribution in [0.25, 0.3) is 0 Å². The van der Waals surface area contributed by atoms with Gasteiger partial charge < -0.3 is 18.7 Å². The molecule has 4 atom stereocenters. The normalized spacial score (nSPS) is 25.0. The average Bonchev–Trinajstić information content (AvgIpc) is 3.42. The van der Waals surface area contributed by atoms with E-state index < -0.39 is 0 Å². The Morgan fingerprint density at radius 3 is 1.75 bits per heavy atom. The fraction of sp³-hybridized carbons (Fsp3) is 0.357. The summed E-state index contributed by atoms with van der Waals surface area (Å²) in [4.78, 5) is 0. The standard InChI is InChI=1S/C28H32NO3/c1-29(17-22-11-5-2-6-12-22,18-23-13-7-3-8-14-23)25-20-31-28-26(21-32-27(25)28)30-19-24-15-9-4-10-16-24/h2-16,25-28H,17-21H2,1H3/q+1/t25-,26+,27+,28+/m0/s1. The van der Waals surface area contributed by atoms with Crippen molar-refractivity contribution in [3.05, 3.63) is 108 Å². The number of ether oxygens (including phenoxy) is 3. The molecule has 5 rings (SSSR count). The molecule has 0 saturated carbocycles. The highest BCUT2D eigenvalue weighted by Crippen LogP contribution is 2.36. The monoisotopic (exact) mass is 430 g/mol. The smallest absolute Gasteiger partial charge is 0.142 e. The number of quaternary nitrogens is 1. The molecule has 3 aromatic rings. The summed E-state index contributed by atoms with van der Waals surface area (Å²) >= 11 is 0. The van der Waals surface area contributed by atoms with Crippen molar-refractivity contribution in [3.8, 4) is 0 Å². The summed E-state index contributed by atoms with van der Waals surface area (Å²) in [6, 6.07) is 32.1. The molecule has 32 heavy (non-hydrogen) atoms. The van der Waals surface area contributed by atoms with Gasteiger partial charge in [0.15, 0.2) is 0 Å². The van der Waals surface area contributed by atoms with Crippen molar-refractivity contribution in [3.63, 3.8) is 0 Å². The Balaban J connectivity index is 1.33. The van der Waals surface area contributed by atoms with Crippen LogP contribution >= 0.6 is 0 Å². The molecule has 0 aliphatic carbocycles. The van der Waals surface area contributed by atoms with Crippen LogP contribution in [0.1, 0.15) is 16.7 Å². The van der Waals surface area contributed by atoms with Gasteiger partial charge in [0.1, 0.15) is 44.1 Å². The van der Waals surface area contributed by atoms with Crippen molar-refractivity contribution in [1.82, 2.24) is 0 Å². The molecule has 2 heterocycles. The predicted octanol–water partition coefficient (Wildman–Crippen LogP) is 4.59. The van der Waals surface area contributed by atoms with Gasteiger partial charge in [-0.2, -0.15) is 0 Å². The van der Waals surface area contributed by atoms with E-state index in [0.717, 1.165) is 17.6 Å². The van der Waals surface area contributed by atoms with E-state index in [1.807, 2.05) is 18.2 Å². The Labute approximate surface area is 190 Å². The summed E-state index contributed by atoms with van der Waals surface area (Å²) in [5.41, 5.74) is 3.85. The van der Waals surface area contributed by atoms with E-state index in [1.165, 1.54) is 16.7 Å². The van der Waals surface area contributed by atoms with Gasteiger partial charge in [-0.25, -0.2) is 0 Å². The summed E-state index contributed by atoms with van der Waals surface area (Å²) in [6.07, 6.45) is 0.0213. The van der Waals surface area contributed by atoms with Gasteiger partial charge in [0.05, 0.1) is 20.3 Å². The minimum absolute atomic E-state index is 0.00675. The van der Waals surface area contributed by atoms with Gasteiger partial charge in [-0.05, 0) is 5.56 Å². The van der Waals surface area contributed by atoms with Crippen LogP contribution in [-0.4, -0.2) is 49.1 Å². The Kier molecular flexibility index (Phi) is 6.37. The summed E-state index contributed by atoms with van der Waals surface area (Å²) in [7, 11) is 2.35. The topological polar surface area (TPSA) is 27.7 Å². The van der Waals surface area contributed by atoms with Gasteiger partial charge in [0.25, 0.3) is 0 Å². The molecule has 166 valence electrons. The van der Waals surface area contributed by atoms with E-state index in [2.05, 4.69) is 79.8 Å². The van der Waals surface area contributed by atoms with E-state index in [9.17, 15) is 0 Å². The SMILES string of the molecule is C[N+](Cc1ccccc1)(Cc1ccccc1)[C@H]1CO[C@H]2[C@@H]1OC[C@H]2OCc1ccccc1. The first-order valence-corrected chi connectivity index (χ1v) is 11.5. The Hall–Kier alpha value is -2.50. The van der Waals surface area contributed by atoms with Gasteiger partial charge in [0.2, 0.25) is 0 Å². The quantitative estimate of drug-likeness (QED) is 0.490. The van der Waals surface area contributed by atoms with Crippen LogP contribution < -0.4 is 0 Å². The summed E-state index contributed by atoms with van der Waals surface area (Å²) in [6.45, 7) is 3.75. The van der Waals surface area contributed by atoms with Gasteiger partial charge >= 0.3 is 0 Å². The number of hydrogen-bond donors (Lipinski definition) is 0. The van der Waals surface area contributed by atoms with Gasteiger partial charge in [0, 0.05) is 11.1 Å². The predicted molar refractivity (Wildman–Crippen MR) is 125 cm³/mol. The van der Waals surface area contributed by atoms with Gasteiger partial charge in [-0.15, -0.1) is 0 Å². The molecule has 2 aliphatic heterocycles. The van der Waals surface area contributed by atoms with E-state index in [1.54, 1.807) is 0 Å². The van der Waals surface area contributed by atoms with Crippen molar-refractivity contribution >= 4 is 0 Å². The summed E-state index contributed by atoms with van der Waals surface area (Å²) < 4.78 is 19.8. The van der Waals surface area contributed by atoms with E-state index in [-0.39, 0.29) is 24.4 Å². The highest BCUT2D eigenvalue weighted by molar-refractivity contribution is 5.16. The Bertz CT molecular complexity index is 938. The molecule has 0 unspecified atom stereocenters. The second kappa shape index (κ2) is 9.55. The van der Waals surface area contributed by atoms with Crippen LogP contribution in [-0.2, 0) is 33.9 Å². The molecular weight excluding hydrogens is 398 g/mol. The first kappa shape index (κ1) is 21.4. The first-order valence-electron chi connectivity index (χ1n) is 11.5. The van der Waals surface area contributed by atoms with Crippen LogP contribution in [0, 0.1) is 0 Å². The highest BCUT2D eigenvalue weighted by atomic mass is 16.6. The largest absolute Gasteiger partial charge is 0.368 e. The Morgan fingerprint density at radius 2 is 1.19 bits per heavy atom. The molecule has 4 nitrogen and oxygen atoms in total. The minimum atomic E-state index is -0.0212. The van der Waals surface area contributed by atoms with Crippen molar-refractivity contribution in [1.29, 1.82) is 0 Å². The average molecular weight is 431 g/mol. The lowest BCUT2D eigenvalue weighted by atomic mass is 10.0. The maximum atomic E-state index is 6.35. The van der Waals surface area contributed by atoms with Crippen molar-refractivity contribution in [2.45, 2.75) is 44.1 Å². The second-order valence-electron chi connectivity index (χ2n) is 9.27. The molecule has 0 bridgehead atoms. The minimum Gasteiger partial charge on any atom is -0.368 e. The molecule has 2 fully saturated rings. The molecule has 0 spiro atoms. The first-order chi connectivity index (χ1) is 15.7. The van der Waals surface area contributed by atoms with Crippen molar-refractivity contribution in [2.75, 3.05) is 20.3 Å². The van der Waals surface area contributed by atoms with Gasteiger partial charge in [-0.1, -0.05) is 91.0 Å². The number of likely N-dealkylation sites (N-methyl/N-ethyl adjacent to an activating group) is 1. The van der Waals surface area contributed by atoms with E-state index >= 15 is 0 Å². The molecule has 0 radical (unpaired) electrons. The summed E-state index contributed by atoms with van der Waals surface area (Å²) in [5, 5.41) is 0. The lowest BCUT2D eigenvalue weighted by Crippen LogP contribution is -2.56. The fourth-order valence-corrected chi connectivity index (χ4v) is 5.19. The molecule has 2 saturated heterocycles.